The molecule has 1 saturated carbocycles. The predicted octanol–water partition coefficient (Wildman–Crippen LogP) is 3.46. The predicted molar refractivity (Wildman–Crippen MR) is 77.8 cm³/mol. The van der Waals surface area contributed by atoms with Crippen molar-refractivity contribution in [1.29, 1.82) is 0 Å². The van der Waals surface area contributed by atoms with Gasteiger partial charge in [0, 0.05) is 23.1 Å². The van der Waals surface area contributed by atoms with Gasteiger partial charge in [-0.25, -0.2) is 0 Å². The number of hydrogen-bond acceptors (Lipinski definition) is 2. The van der Waals surface area contributed by atoms with Gasteiger partial charge in [0.15, 0.2) is 0 Å². The van der Waals surface area contributed by atoms with E-state index in [0.29, 0.717) is 6.04 Å². The number of halogens is 1. The average Bonchev–Trinajstić information content (AvgIpc) is 2.33. The monoisotopic (exact) mass is 266 g/mol. The van der Waals surface area contributed by atoms with Gasteiger partial charge >= 0.3 is 0 Å². The maximum atomic E-state index is 6.07. The zero-order chi connectivity index (χ0) is 13.3. The first-order valence-electron chi connectivity index (χ1n) is 6.67. The van der Waals surface area contributed by atoms with Crippen LogP contribution in [-0.4, -0.2) is 24.0 Å². The molecule has 1 fully saturated rings. The van der Waals surface area contributed by atoms with Crippen LogP contribution in [0.25, 0.3) is 0 Å². The highest BCUT2D eigenvalue weighted by molar-refractivity contribution is 6.30. The van der Waals surface area contributed by atoms with Crippen molar-refractivity contribution in [3.05, 3.63) is 34.9 Å². The quantitative estimate of drug-likeness (QED) is 0.904. The molecule has 3 heteroatoms. The van der Waals surface area contributed by atoms with E-state index in [9.17, 15) is 0 Å². The van der Waals surface area contributed by atoms with E-state index in [-0.39, 0.29) is 5.54 Å². The minimum absolute atomic E-state index is 0.182. The lowest BCUT2D eigenvalue weighted by Crippen LogP contribution is -2.60. The van der Waals surface area contributed by atoms with Gasteiger partial charge in [-0.15, -0.1) is 0 Å². The smallest absolute Gasteiger partial charge is 0.0409 e. The summed E-state index contributed by atoms with van der Waals surface area (Å²) >= 11 is 6.07. The van der Waals surface area contributed by atoms with E-state index >= 15 is 0 Å². The van der Waals surface area contributed by atoms with Gasteiger partial charge in [-0.2, -0.15) is 0 Å². The molecule has 2 nitrogen and oxygen atoms in total. The van der Waals surface area contributed by atoms with Crippen LogP contribution in [0, 0.1) is 5.92 Å². The van der Waals surface area contributed by atoms with Gasteiger partial charge in [0.05, 0.1) is 0 Å². The SMILES string of the molecule is CC1CC(CN)(N(C)C(C)c2cccc(Cl)c2)C1. The van der Waals surface area contributed by atoms with Crippen molar-refractivity contribution < 1.29 is 0 Å². The maximum Gasteiger partial charge on any atom is 0.0409 e. The van der Waals surface area contributed by atoms with E-state index in [0.717, 1.165) is 17.5 Å². The van der Waals surface area contributed by atoms with Gasteiger partial charge in [-0.1, -0.05) is 30.7 Å². The first-order valence-corrected chi connectivity index (χ1v) is 7.05. The Morgan fingerprint density at radius 3 is 2.67 bits per heavy atom. The van der Waals surface area contributed by atoms with Crippen molar-refractivity contribution in [3.63, 3.8) is 0 Å². The fourth-order valence-corrected chi connectivity index (χ4v) is 3.44. The van der Waals surface area contributed by atoms with Crippen molar-refractivity contribution >= 4 is 11.6 Å². The van der Waals surface area contributed by atoms with E-state index in [4.69, 9.17) is 17.3 Å². The summed E-state index contributed by atoms with van der Waals surface area (Å²) < 4.78 is 0. The summed E-state index contributed by atoms with van der Waals surface area (Å²) in [6, 6.07) is 8.47. The molecular formula is C15H23ClN2. The molecule has 0 bridgehead atoms. The van der Waals surface area contributed by atoms with Crippen LogP contribution in [0.4, 0.5) is 0 Å². The van der Waals surface area contributed by atoms with E-state index in [2.05, 4.69) is 37.9 Å². The first kappa shape index (κ1) is 13.9. The standard InChI is InChI=1S/C15H23ClN2/c1-11-8-15(9-11,10-17)18(3)12(2)13-5-4-6-14(16)7-13/h4-7,11-12H,8-10,17H2,1-3H3. The van der Waals surface area contributed by atoms with Crippen LogP contribution in [0.1, 0.15) is 38.3 Å². The second-order valence-corrected chi connectivity index (χ2v) is 6.22. The molecule has 0 radical (unpaired) electrons. The van der Waals surface area contributed by atoms with E-state index < -0.39 is 0 Å². The van der Waals surface area contributed by atoms with Crippen molar-refractivity contribution in [2.24, 2.45) is 11.7 Å². The molecule has 18 heavy (non-hydrogen) atoms. The van der Waals surface area contributed by atoms with Crippen molar-refractivity contribution in [2.45, 2.75) is 38.3 Å². The van der Waals surface area contributed by atoms with Crippen LogP contribution in [0.5, 0.6) is 0 Å². The molecule has 1 aromatic carbocycles. The highest BCUT2D eigenvalue weighted by Crippen LogP contribution is 2.44. The lowest BCUT2D eigenvalue weighted by Gasteiger charge is -2.54. The van der Waals surface area contributed by atoms with Crippen molar-refractivity contribution in [2.75, 3.05) is 13.6 Å². The molecule has 0 aliphatic heterocycles. The Morgan fingerprint density at radius 1 is 1.50 bits per heavy atom. The molecule has 1 aliphatic carbocycles. The van der Waals surface area contributed by atoms with E-state index in [1.54, 1.807) is 0 Å². The topological polar surface area (TPSA) is 29.3 Å². The molecule has 0 saturated heterocycles. The minimum Gasteiger partial charge on any atom is -0.329 e. The summed E-state index contributed by atoms with van der Waals surface area (Å²) in [6.45, 7) is 5.26. The van der Waals surface area contributed by atoms with Gasteiger partial charge < -0.3 is 5.73 Å². The van der Waals surface area contributed by atoms with E-state index in [1.165, 1.54) is 18.4 Å². The Hall–Kier alpha value is -0.570. The molecule has 0 aromatic heterocycles. The Labute approximate surface area is 115 Å². The molecule has 1 aromatic rings. The van der Waals surface area contributed by atoms with Crippen molar-refractivity contribution in [3.8, 4) is 0 Å². The van der Waals surface area contributed by atoms with Crippen LogP contribution >= 0.6 is 11.6 Å². The van der Waals surface area contributed by atoms with Crippen LogP contribution in [0.15, 0.2) is 24.3 Å². The molecule has 1 aliphatic rings. The third kappa shape index (κ3) is 2.42. The maximum absolute atomic E-state index is 6.07. The van der Waals surface area contributed by atoms with Gasteiger partial charge in [0.1, 0.15) is 0 Å². The van der Waals surface area contributed by atoms with Gasteiger partial charge in [-0.3, -0.25) is 4.90 Å². The highest BCUT2D eigenvalue weighted by Gasteiger charge is 2.45. The van der Waals surface area contributed by atoms with Crippen LogP contribution in [0.2, 0.25) is 5.02 Å². The minimum atomic E-state index is 0.182. The molecule has 2 N–H and O–H groups in total. The summed E-state index contributed by atoms with van der Waals surface area (Å²) in [6.07, 6.45) is 2.40. The summed E-state index contributed by atoms with van der Waals surface area (Å²) in [5.41, 5.74) is 7.45. The average molecular weight is 267 g/mol. The fraction of sp³-hybridized carbons (Fsp3) is 0.600. The zero-order valence-electron chi connectivity index (χ0n) is 11.5. The summed E-state index contributed by atoms with van der Waals surface area (Å²) in [5.74, 6) is 0.794. The van der Waals surface area contributed by atoms with Crippen LogP contribution < -0.4 is 5.73 Å². The first-order chi connectivity index (χ1) is 8.48. The normalized spacial score (nSPS) is 29.1. The number of nitrogens with two attached hydrogens (primary N) is 1. The largest absolute Gasteiger partial charge is 0.329 e. The Morgan fingerprint density at radius 2 is 2.17 bits per heavy atom. The fourth-order valence-electron chi connectivity index (χ4n) is 3.24. The summed E-state index contributed by atoms with van der Waals surface area (Å²) in [4.78, 5) is 2.43. The zero-order valence-corrected chi connectivity index (χ0v) is 12.2. The number of benzene rings is 1. The number of nitrogens with zero attached hydrogens (tertiary/aromatic N) is 1. The third-order valence-electron chi connectivity index (χ3n) is 4.50. The molecule has 1 atom stereocenters. The second kappa shape index (κ2) is 5.20. The third-order valence-corrected chi connectivity index (χ3v) is 4.73. The van der Waals surface area contributed by atoms with Gasteiger partial charge in [0.25, 0.3) is 0 Å². The second-order valence-electron chi connectivity index (χ2n) is 5.78. The molecule has 0 spiro atoms. The Kier molecular flexibility index (Phi) is 4.00. The molecule has 0 heterocycles. The highest BCUT2D eigenvalue weighted by atomic mass is 35.5. The van der Waals surface area contributed by atoms with Gasteiger partial charge in [0.2, 0.25) is 0 Å². The Bertz CT molecular complexity index is 413. The van der Waals surface area contributed by atoms with E-state index in [1.807, 2.05) is 12.1 Å². The van der Waals surface area contributed by atoms with Gasteiger partial charge in [-0.05, 0) is 50.4 Å². The lowest BCUT2D eigenvalue weighted by molar-refractivity contribution is -0.0187. The number of rotatable bonds is 4. The molecule has 0 amide bonds. The molecular weight excluding hydrogens is 244 g/mol. The molecule has 100 valence electrons. The van der Waals surface area contributed by atoms with Crippen LogP contribution in [0.3, 0.4) is 0 Å². The van der Waals surface area contributed by atoms with Crippen molar-refractivity contribution in [1.82, 2.24) is 4.90 Å². The molecule has 2 rings (SSSR count). The number of hydrogen-bond donors (Lipinski definition) is 1. The number of likely N-dealkylation sites (N-methyl/N-ethyl adjacent to an activating group) is 1. The lowest BCUT2D eigenvalue weighted by atomic mass is 9.67. The Balaban J connectivity index is 2.15. The van der Waals surface area contributed by atoms with Crippen LogP contribution in [-0.2, 0) is 0 Å². The summed E-state index contributed by atoms with van der Waals surface area (Å²) in [7, 11) is 2.18. The molecule has 1 unspecified atom stereocenters. The summed E-state index contributed by atoms with van der Waals surface area (Å²) in [5, 5.41) is 0.802.